The number of amides is 1. The molecule has 0 radical (unpaired) electrons. The van der Waals surface area contributed by atoms with Gasteiger partial charge < -0.3 is 10.2 Å². The fourth-order valence-corrected chi connectivity index (χ4v) is 4.34. The number of hydrogen-bond acceptors (Lipinski definition) is 4. The van der Waals surface area contributed by atoms with Gasteiger partial charge in [0, 0.05) is 31.9 Å². The third kappa shape index (κ3) is 4.25. The van der Waals surface area contributed by atoms with Crippen LogP contribution >= 0.6 is 0 Å². The van der Waals surface area contributed by atoms with E-state index in [1.54, 1.807) is 29.1 Å². The van der Waals surface area contributed by atoms with Gasteiger partial charge in [-0.15, -0.1) is 4.40 Å². The normalized spacial score (nSPS) is 15.5. The van der Waals surface area contributed by atoms with Crippen molar-refractivity contribution in [2.75, 3.05) is 18.9 Å². The summed E-state index contributed by atoms with van der Waals surface area (Å²) in [5.74, 6) is 0.122. The average molecular weight is 423 g/mol. The Morgan fingerprint density at radius 3 is 2.63 bits per heavy atom. The molecule has 3 aromatic rings. The molecule has 1 fully saturated rings. The molecule has 30 heavy (non-hydrogen) atoms. The fraction of sp³-hybridized carbons (Fsp3) is 0.190. The first-order chi connectivity index (χ1) is 14.4. The Morgan fingerprint density at radius 1 is 1.10 bits per heavy atom. The van der Waals surface area contributed by atoms with E-state index in [1.807, 2.05) is 42.3 Å². The van der Waals surface area contributed by atoms with Gasteiger partial charge in [0.2, 0.25) is 0 Å². The molecule has 154 valence electrons. The van der Waals surface area contributed by atoms with Crippen molar-refractivity contribution in [3.8, 4) is 5.69 Å². The van der Waals surface area contributed by atoms with Gasteiger partial charge in [0.15, 0.2) is 5.69 Å². The van der Waals surface area contributed by atoms with Crippen molar-refractivity contribution >= 4 is 27.5 Å². The van der Waals surface area contributed by atoms with Crippen LogP contribution in [0, 0.1) is 0 Å². The minimum Gasteiger partial charge on any atom is -0.362 e. The van der Waals surface area contributed by atoms with Gasteiger partial charge in [-0.3, -0.25) is 4.79 Å². The number of carbonyl (C=O) groups excluding carboxylic acids is 1. The predicted molar refractivity (Wildman–Crippen MR) is 114 cm³/mol. The number of aromatic nitrogens is 2. The van der Waals surface area contributed by atoms with E-state index in [0.29, 0.717) is 17.9 Å². The Kier molecular flexibility index (Phi) is 5.37. The summed E-state index contributed by atoms with van der Waals surface area (Å²) in [4.78, 5) is 14.4. The smallest absolute Gasteiger partial charge is 0.284 e. The van der Waals surface area contributed by atoms with Crippen LogP contribution in [0.3, 0.4) is 0 Å². The molecule has 0 saturated carbocycles. The maximum absolute atomic E-state index is 12.7. The highest BCUT2D eigenvalue weighted by Gasteiger charge is 2.21. The lowest BCUT2D eigenvalue weighted by Gasteiger charge is -2.11. The lowest BCUT2D eigenvalue weighted by Crippen LogP contribution is -2.20. The van der Waals surface area contributed by atoms with Crippen molar-refractivity contribution in [1.29, 1.82) is 0 Å². The van der Waals surface area contributed by atoms with E-state index in [2.05, 4.69) is 14.8 Å². The second kappa shape index (κ2) is 8.11. The third-order valence-electron chi connectivity index (χ3n) is 4.79. The predicted octanol–water partition coefficient (Wildman–Crippen LogP) is 2.94. The van der Waals surface area contributed by atoms with Gasteiger partial charge in [-0.05, 0) is 42.8 Å². The number of rotatable bonds is 5. The quantitative estimate of drug-likeness (QED) is 0.681. The van der Waals surface area contributed by atoms with Gasteiger partial charge in [0.25, 0.3) is 15.9 Å². The first-order valence-electron chi connectivity index (χ1n) is 9.50. The van der Waals surface area contributed by atoms with E-state index in [1.165, 1.54) is 12.1 Å². The fourth-order valence-electron chi connectivity index (χ4n) is 3.20. The monoisotopic (exact) mass is 423 g/mol. The molecule has 8 nitrogen and oxygen atoms in total. The minimum absolute atomic E-state index is 0.0305. The molecule has 0 bridgehead atoms. The number of hydrogen-bond donors (Lipinski definition) is 1. The van der Waals surface area contributed by atoms with Crippen LogP contribution in [0.1, 0.15) is 23.3 Å². The standard InChI is InChI=1S/C21H21N5O3S/c1-25-13-6-11-20(25)24-30(28,29)18-10-5-7-16(15-18)22-21(27)19-12-14-26(23-19)17-8-3-2-4-9-17/h2-5,7-10,12,14-15H,6,11,13H2,1H3,(H,22,27). The Labute approximate surface area is 174 Å². The van der Waals surface area contributed by atoms with Gasteiger partial charge in [-0.25, -0.2) is 4.68 Å². The topological polar surface area (TPSA) is 96.7 Å². The van der Waals surface area contributed by atoms with Crippen LogP contribution < -0.4 is 5.32 Å². The number of para-hydroxylation sites is 1. The molecule has 0 atom stereocenters. The van der Waals surface area contributed by atoms with Crippen LogP contribution in [0.25, 0.3) is 5.69 Å². The van der Waals surface area contributed by atoms with E-state index in [9.17, 15) is 13.2 Å². The summed E-state index contributed by atoms with van der Waals surface area (Å²) in [6, 6.07) is 17.1. The maximum atomic E-state index is 12.7. The molecule has 0 unspecified atom stereocenters. The number of amidine groups is 1. The number of nitrogens with one attached hydrogen (secondary N) is 1. The van der Waals surface area contributed by atoms with Crippen LogP contribution in [0.15, 0.2) is 76.2 Å². The summed E-state index contributed by atoms with van der Waals surface area (Å²) < 4.78 is 30.9. The number of anilines is 1. The van der Waals surface area contributed by atoms with Crippen molar-refractivity contribution in [2.24, 2.45) is 4.40 Å². The first-order valence-corrected chi connectivity index (χ1v) is 10.9. The summed E-state index contributed by atoms with van der Waals surface area (Å²) in [6.45, 7) is 0.792. The molecule has 1 aliphatic heterocycles. The number of sulfonamides is 1. The van der Waals surface area contributed by atoms with Gasteiger partial charge in [0.05, 0.1) is 10.6 Å². The summed E-state index contributed by atoms with van der Waals surface area (Å²) in [7, 11) is -2.03. The Morgan fingerprint density at radius 2 is 1.90 bits per heavy atom. The van der Waals surface area contributed by atoms with Gasteiger partial charge in [-0.2, -0.15) is 13.5 Å². The zero-order valence-corrected chi connectivity index (χ0v) is 17.2. The van der Waals surface area contributed by atoms with E-state index in [-0.39, 0.29) is 10.6 Å². The molecule has 1 aromatic heterocycles. The van der Waals surface area contributed by atoms with Gasteiger partial charge in [0.1, 0.15) is 5.84 Å². The van der Waals surface area contributed by atoms with E-state index in [4.69, 9.17) is 0 Å². The molecule has 1 saturated heterocycles. The molecule has 1 amide bonds. The van der Waals surface area contributed by atoms with Crippen molar-refractivity contribution in [1.82, 2.24) is 14.7 Å². The van der Waals surface area contributed by atoms with Crippen LogP contribution in [-0.4, -0.2) is 48.4 Å². The number of benzene rings is 2. The molecule has 4 rings (SSSR count). The van der Waals surface area contributed by atoms with Gasteiger partial charge >= 0.3 is 0 Å². The Hall–Kier alpha value is -3.46. The lowest BCUT2D eigenvalue weighted by atomic mass is 10.3. The lowest BCUT2D eigenvalue weighted by molar-refractivity contribution is 0.102. The average Bonchev–Trinajstić information content (AvgIpc) is 3.38. The highest BCUT2D eigenvalue weighted by molar-refractivity contribution is 7.90. The van der Waals surface area contributed by atoms with Crippen molar-refractivity contribution in [3.63, 3.8) is 0 Å². The largest absolute Gasteiger partial charge is 0.362 e. The number of nitrogens with zero attached hydrogens (tertiary/aromatic N) is 4. The molecular formula is C21H21N5O3S. The molecule has 0 spiro atoms. The maximum Gasteiger partial charge on any atom is 0.284 e. The first kappa shape index (κ1) is 19.8. The summed E-state index contributed by atoms with van der Waals surface area (Å²) in [6.07, 6.45) is 3.21. The molecule has 2 aromatic carbocycles. The Bertz CT molecular complexity index is 1200. The number of likely N-dealkylation sites (tertiary alicyclic amines) is 1. The van der Waals surface area contributed by atoms with Crippen LogP contribution in [0.5, 0.6) is 0 Å². The molecule has 9 heteroatoms. The number of carbonyl (C=O) groups is 1. The van der Waals surface area contributed by atoms with Crippen molar-refractivity contribution in [2.45, 2.75) is 17.7 Å². The second-order valence-electron chi connectivity index (χ2n) is 6.97. The molecule has 0 aliphatic carbocycles. The summed E-state index contributed by atoms with van der Waals surface area (Å²) >= 11 is 0. The van der Waals surface area contributed by atoms with E-state index in [0.717, 1.165) is 18.7 Å². The minimum atomic E-state index is -3.86. The highest BCUT2D eigenvalue weighted by atomic mass is 32.2. The Balaban J connectivity index is 1.52. The van der Waals surface area contributed by atoms with E-state index < -0.39 is 15.9 Å². The van der Waals surface area contributed by atoms with E-state index >= 15 is 0 Å². The third-order valence-corrected chi connectivity index (χ3v) is 6.09. The van der Waals surface area contributed by atoms with Crippen LogP contribution in [-0.2, 0) is 10.0 Å². The van der Waals surface area contributed by atoms with Gasteiger partial charge in [-0.1, -0.05) is 24.3 Å². The molecule has 2 heterocycles. The zero-order chi connectivity index (χ0) is 21.1. The van der Waals surface area contributed by atoms with Crippen LogP contribution in [0.2, 0.25) is 0 Å². The van der Waals surface area contributed by atoms with Crippen molar-refractivity contribution < 1.29 is 13.2 Å². The molecular weight excluding hydrogens is 402 g/mol. The second-order valence-corrected chi connectivity index (χ2v) is 8.57. The van der Waals surface area contributed by atoms with Crippen molar-refractivity contribution in [3.05, 3.63) is 72.6 Å². The summed E-state index contributed by atoms with van der Waals surface area (Å²) in [5, 5.41) is 6.98. The molecule has 1 aliphatic rings. The summed E-state index contributed by atoms with van der Waals surface area (Å²) in [5.41, 5.74) is 1.41. The van der Waals surface area contributed by atoms with Crippen LogP contribution in [0.4, 0.5) is 5.69 Å². The zero-order valence-electron chi connectivity index (χ0n) is 16.4. The SMILES string of the molecule is CN1CCCC1=NS(=O)(=O)c1cccc(NC(=O)c2ccn(-c3ccccc3)n2)c1. The molecule has 1 N–H and O–H groups in total. The highest BCUT2D eigenvalue weighted by Crippen LogP contribution is 2.20.